The zero-order chi connectivity index (χ0) is 7.40. The summed E-state index contributed by atoms with van der Waals surface area (Å²) in [7, 11) is 0. The molecule has 0 amide bonds. The van der Waals surface area contributed by atoms with Crippen LogP contribution in [0.25, 0.3) is 0 Å². The minimum absolute atomic E-state index is 0. The Morgan fingerprint density at radius 3 is 2.55 bits per heavy atom. The Balaban J connectivity index is 0.000001000. The molecule has 0 saturated heterocycles. The van der Waals surface area contributed by atoms with Gasteiger partial charge in [-0.25, -0.2) is 0 Å². The second-order valence-corrected chi connectivity index (χ2v) is 2.12. The summed E-state index contributed by atoms with van der Waals surface area (Å²) in [6.07, 6.45) is 2.50. The van der Waals surface area contributed by atoms with Crippen LogP contribution in [-0.2, 0) is 6.42 Å². The van der Waals surface area contributed by atoms with E-state index < -0.39 is 0 Å². The Morgan fingerprint density at radius 2 is 2.00 bits per heavy atom. The van der Waals surface area contributed by atoms with Crippen molar-refractivity contribution in [3.05, 3.63) is 42.5 Å². The van der Waals surface area contributed by atoms with Gasteiger partial charge in [0.15, 0.2) is 0 Å². The van der Waals surface area contributed by atoms with Crippen molar-refractivity contribution in [3.63, 3.8) is 0 Å². The zero-order valence-corrected chi connectivity index (χ0v) is 5.75. The first-order chi connectivity index (χ1) is 4.84. The second kappa shape index (κ2) is 5.97. The molecule has 0 spiro atoms. The first-order valence-electron chi connectivity index (χ1n) is 3.22. The summed E-state index contributed by atoms with van der Waals surface area (Å²) in [5, 5.41) is 9.19. The standard InChI is InChI=1S/C9H10O.K.H/c1-2-5-8-6-3-4-7-9(8)10;;/h2-4,6-7,10H,1,5H2;;. The molecule has 0 fully saturated rings. The summed E-state index contributed by atoms with van der Waals surface area (Å²) in [6.45, 7) is 3.59. The van der Waals surface area contributed by atoms with Crippen LogP contribution in [0, 0.1) is 0 Å². The van der Waals surface area contributed by atoms with Gasteiger partial charge in [0, 0.05) is 0 Å². The third-order valence-electron chi connectivity index (χ3n) is 1.36. The van der Waals surface area contributed by atoms with E-state index in [1.807, 2.05) is 18.2 Å². The zero-order valence-electron chi connectivity index (χ0n) is 5.75. The van der Waals surface area contributed by atoms with Crippen molar-refractivity contribution in [2.24, 2.45) is 0 Å². The maximum absolute atomic E-state index is 9.19. The molecule has 1 aromatic carbocycles. The molecule has 0 bridgehead atoms. The molecule has 2 heteroatoms. The molecule has 0 atom stereocenters. The maximum atomic E-state index is 9.19. The first kappa shape index (κ1) is 11.4. The summed E-state index contributed by atoms with van der Waals surface area (Å²) in [5.41, 5.74) is 0.928. The molecule has 0 saturated carbocycles. The van der Waals surface area contributed by atoms with E-state index in [9.17, 15) is 5.11 Å². The fourth-order valence-corrected chi connectivity index (χ4v) is 0.839. The van der Waals surface area contributed by atoms with Gasteiger partial charge in [-0.1, -0.05) is 24.3 Å². The molecule has 1 N–H and O–H groups in total. The molecule has 0 aliphatic rings. The van der Waals surface area contributed by atoms with Crippen molar-refractivity contribution in [1.82, 2.24) is 0 Å². The van der Waals surface area contributed by atoms with Crippen LogP contribution in [0.3, 0.4) is 0 Å². The Kier molecular flexibility index (Phi) is 6.19. The number of phenolic OH excluding ortho intramolecular Hbond substituents is 1. The fourth-order valence-electron chi connectivity index (χ4n) is 0.839. The average molecular weight is 174 g/mol. The molecule has 0 unspecified atom stereocenters. The summed E-state index contributed by atoms with van der Waals surface area (Å²) in [5.74, 6) is 0.349. The molecular formula is C9H11KO. The van der Waals surface area contributed by atoms with Crippen LogP contribution in [0.4, 0.5) is 0 Å². The fraction of sp³-hybridized carbons (Fsp3) is 0.111. The van der Waals surface area contributed by atoms with Crippen LogP contribution in [0.15, 0.2) is 36.9 Å². The third kappa shape index (κ3) is 3.54. The van der Waals surface area contributed by atoms with E-state index in [0.29, 0.717) is 5.75 Å². The topological polar surface area (TPSA) is 20.2 Å². The minimum atomic E-state index is 0. The molecule has 1 aromatic rings. The van der Waals surface area contributed by atoms with Gasteiger partial charge in [-0.2, -0.15) is 0 Å². The van der Waals surface area contributed by atoms with Crippen molar-refractivity contribution in [2.75, 3.05) is 0 Å². The number of hydrogen-bond donors (Lipinski definition) is 1. The summed E-state index contributed by atoms with van der Waals surface area (Å²) in [6, 6.07) is 7.27. The molecule has 54 valence electrons. The number of rotatable bonds is 2. The average Bonchev–Trinajstić information content (AvgIpc) is 1.94. The number of hydrogen-bond acceptors (Lipinski definition) is 1. The Morgan fingerprint density at radius 1 is 1.36 bits per heavy atom. The Hall–Kier alpha value is 0.396. The molecule has 0 aliphatic heterocycles. The van der Waals surface area contributed by atoms with Gasteiger partial charge in [0.2, 0.25) is 0 Å². The molecule has 0 aliphatic carbocycles. The van der Waals surface area contributed by atoms with Gasteiger partial charge in [0.25, 0.3) is 0 Å². The molecule has 1 rings (SSSR count). The van der Waals surface area contributed by atoms with Gasteiger partial charge in [0.05, 0.1) is 0 Å². The van der Waals surface area contributed by atoms with Gasteiger partial charge in [0.1, 0.15) is 5.75 Å². The Bertz CT molecular complexity index is 233. The number of aromatic hydroxyl groups is 1. The van der Waals surface area contributed by atoms with Gasteiger partial charge >= 0.3 is 51.4 Å². The Labute approximate surface area is 110 Å². The molecule has 11 heavy (non-hydrogen) atoms. The number of benzene rings is 1. The predicted molar refractivity (Wildman–Crippen MR) is 49.2 cm³/mol. The van der Waals surface area contributed by atoms with Gasteiger partial charge in [-0.3, -0.25) is 0 Å². The first-order valence-corrected chi connectivity index (χ1v) is 3.22. The van der Waals surface area contributed by atoms with E-state index in [-0.39, 0.29) is 51.4 Å². The second-order valence-electron chi connectivity index (χ2n) is 2.12. The third-order valence-corrected chi connectivity index (χ3v) is 1.36. The summed E-state index contributed by atoms with van der Waals surface area (Å²) in [4.78, 5) is 0. The van der Waals surface area contributed by atoms with Gasteiger partial charge in [-0.15, -0.1) is 6.58 Å². The SMILES string of the molecule is C=CCc1ccccc1O.[KH]. The number of phenols is 1. The van der Waals surface area contributed by atoms with E-state index in [1.165, 1.54) is 0 Å². The summed E-state index contributed by atoms with van der Waals surface area (Å²) >= 11 is 0. The van der Waals surface area contributed by atoms with Crippen molar-refractivity contribution in [1.29, 1.82) is 0 Å². The van der Waals surface area contributed by atoms with Crippen LogP contribution >= 0.6 is 0 Å². The molecule has 0 aromatic heterocycles. The van der Waals surface area contributed by atoms with Crippen LogP contribution in [0.1, 0.15) is 5.56 Å². The molecular weight excluding hydrogens is 163 g/mol. The van der Waals surface area contributed by atoms with E-state index in [0.717, 1.165) is 12.0 Å². The van der Waals surface area contributed by atoms with E-state index in [2.05, 4.69) is 6.58 Å². The van der Waals surface area contributed by atoms with E-state index in [4.69, 9.17) is 0 Å². The number of allylic oxidation sites excluding steroid dienone is 1. The van der Waals surface area contributed by atoms with E-state index >= 15 is 0 Å². The normalized spacial score (nSPS) is 8.36. The van der Waals surface area contributed by atoms with Crippen LogP contribution in [0.2, 0.25) is 0 Å². The molecule has 0 radical (unpaired) electrons. The monoisotopic (exact) mass is 174 g/mol. The predicted octanol–water partition coefficient (Wildman–Crippen LogP) is 1.47. The summed E-state index contributed by atoms with van der Waals surface area (Å²) < 4.78 is 0. The van der Waals surface area contributed by atoms with Crippen LogP contribution < -0.4 is 0 Å². The van der Waals surface area contributed by atoms with Crippen molar-refractivity contribution in [2.45, 2.75) is 6.42 Å². The van der Waals surface area contributed by atoms with Crippen LogP contribution in [-0.4, -0.2) is 56.5 Å². The van der Waals surface area contributed by atoms with Crippen molar-refractivity contribution < 1.29 is 5.11 Å². The molecule has 1 nitrogen and oxygen atoms in total. The number of para-hydroxylation sites is 1. The van der Waals surface area contributed by atoms with Crippen LogP contribution in [0.5, 0.6) is 5.75 Å². The van der Waals surface area contributed by atoms with Crippen molar-refractivity contribution in [3.8, 4) is 5.75 Å². The van der Waals surface area contributed by atoms with Crippen molar-refractivity contribution >= 4 is 51.4 Å². The van der Waals surface area contributed by atoms with E-state index in [1.54, 1.807) is 12.1 Å². The van der Waals surface area contributed by atoms with Gasteiger partial charge in [-0.05, 0) is 18.1 Å². The van der Waals surface area contributed by atoms with Gasteiger partial charge < -0.3 is 5.11 Å². The molecule has 0 heterocycles. The quantitative estimate of drug-likeness (QED) is 0.532.